The summed E-state index contributed by atoms with van der Waals surface area (Å²) in [7, 11) is 0. The molecule has 2 aromatic carbocycles. The molecule has 1 aromatic heterocycles. The van der Waals surface area contributed by atoms with E-state index in [0.29, 0.717) is 19.8 Å². The molecule has 1 aliphatic rings. The van der Waals surface area contributed by atoms with Gasteiger partial charge in [-0.15, -0.1) is 0 Å². The molecule has 0 radical (unpaired) electrons. The maximum Gasteiger partial charge on any atom is 0.270 e. The van der Waals surface area contributed by atoms with Crippen molar-refractivity contribution in [1.82, 2.24) is 4.57 Å². The zero-order chi connectivity index (χ0) is 16.5. The van der Waals surface area contributed by atoms with Crippen LogP contribution in [0.15, 0.2) is 54.7 Å². The maximum atomic E-state index is 11.1. The Bertz CT molecular complexity index is 883. The molecule has 0 N–H and O–H groups in total. The molecule has 0 atom stereocenters. The van der Waals surface area contributed by atoms with Crippen LogP contribution in [0.25, 0.3) is 10.9 Å². The Morgan fingerprint density at radius 2 is 1.88 bits per heavy atom. The Hall–Kier alpha value is -2.70. The van der Waals surface area contributed by atoms with E-state index in [0.717, 1.165) is 22.0 Å². The molecule has 3 aromatic rings. The fourth-order valence-corrected chi connectivity index (χ4v) is 3.06. The number of ether oxygens (including phenoxy) is 2. The highest BCUT2D eigenvalue weighted by Gasteiger charge is 2.24. The fourth-order valence-electron chi connectivity index (χ4n) is 3.06. The summed E-state index contributed by atoms with van der Waals surface area (Å²) >= 11 is 0. The lowest BCUT2D eigenvalue weighted by Crippen LogP contribution is -1.99. The third kappa shape index (κ3) is 2.66. The Kier molecular flexibility index (Phi) is 3.76. The van der Waals surface area contributed by atoms with Gasteiger partial charge in [-0.05, 0) is 11.6 Å². The van der Waals surface area contributed by atoms with Crippen LogP contribution in [-0.4, -0.2) is 22.7 Å². The van der Waals surface area contributed by atoms with Crippen molar-refractivity contribution in [1.29, 1.82) is 0 Å². The van der Waals surface area contributed by atoms with Gasteiger partial charge in [-0.3, -0.25) is 10.1 Å². The lowest BCUT2D eigenvalue weighted by atomic mass is 10.1. The molecular formula is C18H16N2O4. The van der Waals surface area contributed by atoms with E-state index >= 15 is 0 Å². The monoisotopic (exact) mass is 324 g/mol. The number of fused-ring (bicyclic) bond motifs is 1. The van der Waals surface area contributed by atoms with Crippen LogP contribution in [0.2, 0.25) is 0 Å². The largest absolute Gasteiger partial charge is 0.346 e. The molecule has 6 heteroatoms. The summed E-state index contributed by atoms with van der Waals surface area (Å²) in [5, 5.41) is 11.9. The second-order valence-electron chi connectivity index (χ2n) is 5.73. The van der Waals surface area contributed by atoms with Crippen molar-refractivity contribution in [3.05, 3.63) is 76.0 Å². The summed E-state index contributed by atoms with van der Waals surface area (Å²) in [4.78, 5) is 10.7. The fraction of sp³-hybridized carbons (Fsp3) is 0.222. The molecule has 0 saturated carbocycles. The first-order valence-corrected chi connectivity index (χ1v) is 7.77. The first-order valence-electron chi connectivity index (χ1n) is 7.77. The number of hydrogen-bond donors (Lipinski definition) is 0. The highest BCUT2D eigenvalue weighted by Crippen LogP contribution is 2.34. The van der Waals surface area contributed by atoms with Crippen molar-refractivity contribution < 1.29 is 14.4 Å². The summed E-state index contributed by atoms with van der Waals surface area (Å²) in [5.74, 6) is 0. The van der Waals surface area contributed by atoms with Crippen molar-refractivity contribution >= 4 is 16.6 Å². The van der Waals surface area contributed by atoms with Crippen molar-refractivity contribution in [2.75, 3.05) is 13.2 Å². The number of nitrogens with zero attached hydrogens (tertiary/aromatic N) is 2. The Labute approximate surface area is 138 Å². The maximum absolute atomic E-state index is 11.1. The number of rotatable bonds is 4. The third-order valence-electron chi connectivity index (χ3n) is 4.18. The second kappa shape index (κ2) is 6.07. The Morgan fingerprint density at radius 3 is 2.58 bits per heavy atom. The summed E-state index contributed by atoms with van der Waals surface area (Å²) in [6, 6.07) is 15.0. The van der Waals surface area contributed by atoms with E-state index in [2.05, 4.69) is 16.7 Å². The molecule has 1 aliphatic heterocycles. The molecular weight excluding hydrogens is 308 g/mol. The van der Waals surface area contributed by atoms with Crippen molar-refractivity contribution in [2.24, 2.45) is 0 Å². The lowest BCUT2D eigenvalue weighted by Gasteiger charge is -2.07. The van der Waals surface area contributed by atoms with Crippen LogP contribution in [0.3, 0.4) is 0 Å². The molecule has 6 nitrogen and oxygen atoms in total. The van der Waals surface area contributed by atoms with E-state index < -0.39 is 6.29 Å². The summed E-state index contributed by atoms with van der Waals surface area (Å²) in [5.41, 5.74) is 2.99. The number of benzene rings is 2. The molecule has 4 rings (SSSR count). The van der Waals surface area contributed by atoms with Gasteiger partial charge in [-0.25, -0.2) is 0 Å². The summed E-state index contributed by atoms with van der Waals surface area (Å²) in [6.45, 7) is 1.75. The molecule has 0 unspecified atom stereocenters. The molecule has 1 fully saturated rings. The molecule has 0 spiro atoms. The zero-order valence-corrected chi connectivity index (χ0v) is 12.9. The molecule has 0 aliphatic carbocycles. The van der Waals surface area contributed by atoms with Gasteiger partial charge < -0.3 is 14.0 Å². The van der Waals surface area contributed by atoms with Crippen molar-refractivity contribution in [2.45, 2.75) is 12.8 Å². The number of non-ortho nitro benzene ring substituents is 1. The van der Waals surface area contributed by atoms with Crippen LogP contribution >= 0.6 is 0 Å². The van der Waals surface area contributed by atoms with Crippen LogP contribution in [0, 0.1) is 10.1 Å². The predicted molar refractivity (Wildman–Crippen MR) is 88.8 cm³/mol. The van der Waals surface area contributed by atoms with Crippen LogP contribution in [0.1, 0.15) is 17.4 Å². The minimum Gasteiger partial charge on any atom is -0.346 e. The SMILES string of the molecule is O=[N+]([O-])c1ccc2c(c1)c(C1OCCO1)cn2Cc1ccccc1. The minimum atomic E-state index is -0.466. The van der Waals surface area contributed by atoms with E-state index in [1.54, 1.807) is 12.1 Å². The standard InChI is InChI=1S/C18H16N2O4/c21-20(22)14-6-7-17-15(10-14)16(18-23-8-9-24-18)12-19(17)11-13-4-2-1-3-5-13/h1-7,10,12,18H,8-9,11H2. The summed E-state index contributed by atoms with van der Waals surface area (Å²) in [6.07, 6.45) is 1.50. The highest BCUT2D eigenvalue weighted by atomic mass is 16.7. The second-order valence-corrected chi connectivity index (χ2v) is 5.73. The van der Waals surface area contributed by atoms with Gasteiger partial charge in [0.25, 0.3) is 5.69 Å². The van der Waals surface area contributed by atoms with Crippen LogP contribution < -0.4 is 0 Å². The zero-order valence-electron chi connectivity index (χ0n) is 12.9. The van der Waals surface area contributed by atoms with Gasteiger partial charge in [-0.2, -0.15) is 0 Å². The van der Waals surface area contributed by atoms with Gasteiger partial charge in [0.2, 0.25) is 0 Å². The van der Waals surface area contributed by atoms with Crippen LogP contribution in [-0.2, 0) is 16.0 Å². The van der Waals surface area contributed by atoms with Crippen molar-refractivity contribution in [3.8, 4) is 0 Å². The first-order chi connectivity index (χ1) is 11.7. The van der Waals surface area contributed by atoms with Gasteiger partial charge in [0, 0.05) is 41.3 Å². The average molecular weight is 324 g/mol. The molecule has 122 valence electrons. The minimum absolute atomic E-state index is 0.0687. The van der Waals surface area contributed by atoms with Crippen molar-refractivity contribution in [3.63, 3.8) is 0 Å². The first kappa shape index (κ1) is 14.9. The summed E-state index contributed by atoms with van der Waals surface area (Å²) < 4.78 is 13.3. The highest BCUT2D eigenvalue weighted by molar-refractivity contribution is 5.86. The van der Waals surface area contributed by atoms with Gasteiger partial charge in [-0.1, -0.05) is 30.3 Å². The van der Waals surface area contributed by atoms with Crippen LogP contribution in [0.4, 0.5) is 5.69 Å². The number of aromatic nitrogens is 1. The molecule has 2 heterocycles. The smallest absolute Gasteiger partial charge is 0.270 e. The van der Waals surface area contributed by atoms with Gasteiger partial charge in [0.05, 0.1) is 18.1 Å². The Morgan fingerprint density at radius 1 is 1.12 bits per heavy atom. The number of nitro benzene ring substituents is 1. The lowest BCUT2D eigenvalue weighted by molar-refractivity contribution is -0.384. The van der Waals surface area contributed by atoms with E-state index in [1.807, 2.05) is 24.4 Å². The van der Waals surface area contributed by atoms with Gasteiger partial charge >= 0.3 is 0 Å². The average Bonchev–Trinajstić information content (AvgIpc) is 3.23. The Balaban J connectivity index is 1.83. The van der Waals surface area contributed by atoms with E-state index in [1.165, 1.54) is 6.07 Å². The van der Waals surface area contributed by atoms with Gasteiger partial charge in [0.15, 0.2) is 6.29 Å². The van der Waals surface area contributed by atoms with Gasteiger partial charge in [0.1, 0.15) is 0 Å². The third-order valence-corrected chi connectivity index (χ3v) is 4.18. The molecule has 0 bridgehead atoms. The van der Waals surface area contributed by atoms with E-state index in [4.69, 9.17) is 9.47 Å². The number of hydrogen-bond acceptors (Lipinski definition) is 4. The normalized spacial score (nSPS) is 15.2. The quantitative estimate of drug-likeness (QED) is 0.543. The topological polar surface area (TPSA) is 66.5 Å². The van der Waals surface area contributed by atoms with E-state index in [-0.39, 0.29) is 10.6 Å². The molecule has 1 saturated heterocycles. The number of nitro groups is 1. The van der Waals surface area contributed by atoms with Crippen LogP contribution in [0.5, 0.6) is 0 Å². The predicted octanol–water partition coefficient (Wildman–Crippen LogP) is 3.64. The molecule has 0 amide bonds. The van der Waals surface area contributed by atoms with E-state index in [9.17, 15) is 10.1 Å². The molecule has 24 heavy (non-hydrogen) atoms.